The maximum Gasteiger partial charge on any atom is 0.309 e. The second-order valence-corrected chi connectivity index (χ2v) is 5.29. The number of hydrogen-bond donors (Lipinski definition) is 2. The van der Waals surface area contributed by atoms with Crippen LogP contribution in [0.3, 0.4) is 0 Å². The lowest BCUT2D eigenvalue weighted by Crippen LogP contribution is -2.38. The molecule has 0 saturated carbocycles. The van der Waals surface area contributed by atoms with Crippen molar-refractivity contribution in [2.75, 3.05) is 20.1 Å². The molecule has 0 aliphatic carbocycles. The van der Waals surface area contributed by atoms with Gasteiger partial charge in [0.05, 0.1) is 5.41 Å². The number of nitrogens with one attached hydrogen (secondary N) is 1. The first kappa shape index (κ1) is 15.9. The van der Waals surface area contributed by atoms with Crippen molar-refractivity contribution in [1.29, 1.82) is 0 Å². The van der Waals surface area contributed by atoms with Crippen molar-refractivity contribution < 1.29 is 14.7 Å². The van der Waals surface area contributed by atoms with Crippen LogP contribution >= 0.6 is 0 Å². The Bertz CT molecular complexity index is 275. The fourth-order valence-corrected chi connectivity index (χ4v) is 1.17. The maximum atomic E-state index is 11.5. The summed E-state index contributed by atoms with van der Waals surface area (Å²) in [7, 11) is 1.98. The van der Waals surface area contributed by atoms with Crippen molar-refractivity contribution in [3.63, 3.8) is 0 Å². The number of carboxylic acids is 1. The van der Waals surface area contributed by atoms with Gasteiger partial charge in [-0.3, -0.25) is 9.59 Å². The molecule has 17 heavy (non-hydrogen) atoms. The van der Waals surface area contributed by atoms with E-state index in [1.165, 1.54) is 0 Å². The molecule has 0 aliphatic heterocycles. The number of amides is 1. The average Bonchev–Trinajstić information content (AvgIpc) is 2.16. The Morgan fingerprint density at radius 2 is 1.88 bits per heavy atom. The Hall–Kier alpha value is -1.10. The molecule has 2 N–H and O–H groups in total. The number of rotatable bonds is 7. The number of hydrogen-bond acceptors (Lipinski definition) is 3. The molecule has 0 aromatic rings. The lowest BCUT2D eigenvalue weighted by molar-refractivity contribution is -0.149. The number of likely N-dealkylation sites (N-methyl/N-ethyl adjacent to an activating group) is 1. The molecule has 0 aliphatic rings. The van der Waals surface area contributed by atoms with E-state index >= 15 is 0 Å². The van der Waals surface area contributed by atoms with Gasteiger partial charge in [-0.15, -0.1) is 0 Å². The van der Waals surface area contributed by atoms with Gasteiger partial charge in [-0.2, -0.15) is 0 Å². The summed E-state index contributed by atoms with van der Waals surface area (Å²) in [5.74, 6) is -1.17. The lowest BCUT2D eigenvalue weighted by atomic mass is 9.89. The fourth-order valence-electron chi connectivity index (χ4n) is 1.17. The highest BCUT2D eigenvalue weighted by atomic mass is 16.4. The molecule has 5 nitrogen and oxygen atoms in total. The summed E-state index contributed by atoms with van der Waals surface area (Å²) in [4.78, 5) is 24.5. The predicted octanol–water partition coefficient (Wildman–Crippen LogP) is 0.944. The standard InChI is InChI=1S/C12H24N2O3/c1-9(2)14(5)7-6-13-10(15)8-12(3,4)11(16)17/h9H,6-8H2,1-5H3,(H,13,15)(H,16,17). The molecule has 0 spiro atoms. The summed E-state index contributed by atoms with van der Waals surface area (Å²) < 4.78 is 0. The zero-order chi connectivity index (χ0) is 13.6. The Labute approximate surface area is 103 Å². The maximum absolute atomic E-state index is 11.5. The van der Waals surface area contributed by atoms with E-state index < -0.39 is 11.4 Å². The van der Waals surface area contributed by atoms with Crippen molar-refractivity contribution in [2.45, 2.75) is 40.2 Å². The molecule has 0 atom stereocenters. The van der Waals surface area contributed by atoms with Crippen LogP contribution in [0.2, 0.25) is 0 Å². The Morgan fingerprint density at radius 1 is 1.35 bits per heavy atom. The van der Waals surface area contributed by atoms with E-state index in [9.17, 15) is 9.59 Å². The predicted molar refractivity (Wildman–Crippen MR) is 66.8 cm³/mol. The third kappa shape index (κ3) is 6.26. The third-order valence-electron chi connectivity index (χ3n) is 2.85. The zero-order valence-electron chi connectivity index (χ0n) is 11.4. The highest BCUT2D eigenvalue weighted by molar-refractivity contribution is 5.84. The minimum atomic E-state index is -1.01. The fraction of sp³-hybridized carbons (Fsp3) is 0.833. The Balaban J connectivity index is 3.93. The number of nitrogens with zero attached hydrogens (tertiary/aromatic N) is 1. The van der Waals surface area contributed by atoms with E-state index in [4.69, 9.17) is 5.11 Å². The first-order valence-electron chi connectivity index (χ1n) is 5.87. The minimum absolute atomic E-state index is 0.00766. The molecule has 5 heteroatoms. The third-order valence-corrected chi connectivity index (χ3v) is 2.85. The molecule has 1 amide bonds. The first-order chi connectivity index (χ1) is 7.66. The van der Waals surface area contributed by atoms with Gasteiger partial charge in [0.1, 0.15) is 0 Å². The normalized spacial score (nSPS) is 11.9. The van der Waals surface area contributed by atoms with Crippen LogP contribution in [0.4, 0.5) is 0 Å². The molecule has 0 aromatic carbocycles. The van der Waals surface area contributed by atoms with Gasteiger partial charge in [0.15, 0.2) is 0 Å². The zero-order valence-corrected chi connectivity index (χ0v) is 11.4. The van der Waals surface area contributed by atoms with E-state index in [-0.39, 0.29) is 12.3 Å². The molecule has 100 valence electrons. The summed E-state index contributed by atoms with van der Waals surface area (Å²) >= 11 is 0. The molecular formula is C12H24N2O3. The SMILES string of the molecule is CC(C)N(C)CCNC(=O)CC(C)(C)C(=O)O. The quantitative estimate of drug-likeness (QED) is 0.699. The Kier molecular flexibility index (Phi) is 6.16. The van der Waals surface area contributed by atoms with Crippen LogP contribution in [-0.4, -0.2) is 48.1 Å². The second kappa shape index (κ2) is 6.59. The first-order valence-corrected chi connectivity index (χ1v) is 5.87. The van der Waals surface area contributed by atoms with Gasteiger partial charge in [-0.25, -0.2) is 0 Å². The van der Waals surface area contributed by atoms with E-state index in [0.717, 1.165) is 6.54 Å². The van der Waals surface area contributed by atoms with Gasteiger partial charge >= 0.3 is 5.97 Å². The molecule has 0 fully saturated rings. The largest absolute Gasteiger partial charge is 0.481 e. The number of carboxylic acid groups (broad SMARTS) is 1. The van der Waals surface area contributed by atoms with Gasteiger partial charge < -0.3 is 15.3 Å². The average molecular weight is 244 g/mol. The van der Waals surface area contributed by atoms with E-state index in [0.29, 0.717) is 12.6 Å². The second-order valence-electron chi connectivity index (χ2n) is 5.29. The van der Waals surface area contributed by atoms with Crippen LogP contribution in [-0.2, 0) is 9.59 Å². The number of carbonyl (C=O) groups is 2. The van der Waals surface area contributed by atoms with E-state index in [1.54, 1.807) is 13.8 Å². The summed E-state index contributed by atoms with van der Waals surface area (Å²) in [6.45, 7) is 8.56. The molecule has 0 radical (unpaired) electrons. The number of aliphatic carboxylic acids is 1. The van der Waals surface area contributed by atoms with Crippen LogP contribution in [0, 0.1) is 5.41 Å². The van der Waals surface area contributed by atoms with Crippen LogP contribution in [0.5, 0.6) is 0 Å². The molecule has 0 aromatic heterocycles. The van der Waals surface area contributed by atoms with Crippen molar-refractivity contribution in [3.8, 4) is 0 Å². The van der Waals surface area contributed by atoms with Gasteiger partial charge in [-0.05, 0) is 34.7 Å². The molecule has 0 heterocycles. The van der Waals surface area contributed by atoms with Crippen LogP contribution in [0.25, 0.3) is 0 Å². The van der Waals surface area contributed by atoms with Gasteiger partial charge in [0.25, 0.3) is 0 Å². The van der Waals surface area contributed by atoms with Crippen LogP contribution in [0.1, 0.15) is 34.1 Å². The van der Waals surface area contributed by atoms with Gasteiger partial charge in [0.2, 0.25) is 5.91 Å². The Morgan fingerprint density at radius 3 is 2.29 bits per heavy atom. The lowest BCUT2D eigenvalue weighted by Gasteiger charge is -2.22. The summed E-state index contributed by atoms with van der Waals surface area (Å²) in [5.41, 5.74) is -1.01. The molecule has 0 rings (SSSR count). The summed E-state index contributed by atoms with van der Waals surface area (Å²) in [5, 5.41) is 11.6. The van der Waals surface area contributed by atoms with E-state index in [1.807, 2.05) is 7.05 Å². The topological polar surface area (TPSA) is 69.6 Å². The molecule has 0 bridgehead atoms. The monoisotopic (exact) mass is 244 g/mol. The van der Waals surface area contributed by atoms with E-state index in [2.05, 4.69) is 24.1 Å². The van der Waals surface area contributed by atoms with Gasteiger partial charge in [0, 0.05) is 25.6 Å². The van der Waals surface area contributed by atoms with Crippen molar-refractivity contribution in [2.24, 2.45) is 5.41 Å². The highest BCUT2D eigenvalue weighted by Crippen LogP contribution is 2.19. The molecule has 0 unspecified atom stereocenters. The summed E-state index contributed by atoms with van der Waals surface area (Å²) in [6, 6.07) is 0.433. The highest BCUT2D eigenvalue weighted by Gasteiger charge is 2.29. The van der Waals surface area contributed by atoms with Gasteiger partial charge in [-0.1, -0.05) is 0 Å². The van der Waals surface area contributed by atoms with Crippen LogP contribution in [0.15, 0.2) is 0 Å². The van der Waals surface area contributed by atoms with Crippen molar-refractivity contribution in [3.05, 3.63) is 0 Å². The van der Waals surface area contributed by atoms with Crippen molar-refractivity contribution >= 4 is 11.9 Å². The molecule has 0 saturated heterocycles. The number of carbonyl (C=O) groups excluding carboxylic acids is 1. The van der Waals surface area contributed by atoms with Crippen LogP contribution < -0.4 is 5.32 Å². The minimum Gasteiger partial charge on any atom is -0.481 e. The smallest absolute Gasteiger partial charge is 0.309 e. The summed E-state index contributed by atoms with van der Waals surface area (Å²) in [6.07, 6.45) is 0.00766. The van der Waals surface area contributed by atoms with Crippen molar-refractivity contribution in [1.82, 2.24) is 10.2 Å². The molecular weight excluding hydrogens is 220 g/mol.